The average Bonchev–Trinajstić information content (AvgIpc) is 3.52. The summed E-state index contributed by atoms with van der Waals surface area (Å²) in [7, 11) is 0. The van der Waals surface area contributed by atoms with Crippen LogP contribution in [0.4, 0.5) is 0 Å². The van der Waals surface area contributed by atoms with Crippen molar-refractivity contribution in [3.63, 3.8) is 0 Å². The summed E-state index contributed by atoms with van der Waals surface area (Å²) < 4.78 is 2.48. The van der Waals surface area contributed by atoms with Gasteiger partial charge in [-0.15, -0.1) is 0 Å². The molecule has 0 bridgehead atoms. The van der Waals surface area contributed by atoms with Crippen LogP contribution in [0.5, 0.6) is 0 Å². The van der Waals surface area contributed by atoms with Crippen LogP contribution in [-0.2, 0) is 5.41 Å². The van der Waals surface area contributed by atoms with E-state index in [4.69, 9.17) is 0 Å². The molecule has 0 N–H and O–H groups in total. The molecule has 40 heavy (non-hydrogen) atoms. The number of fused-ring (bicyclic) bond motifs is 12. The second-order valence-corrected chi connectivity index (χ2v) is 10.8. The molecule has 2 nitrogen and oxygen atoms in total. The highest BCUT2D eigenvalue weighted by Gasteiger charge is 2.50. The summed E-state index contributed by atoms with van der Waals surface area (Å²) in [5, 5.41) is 12.1. The van der Waals surface area contributed by atoms with Crippen LogP contribution < -0.4 is 0 Å². The summed E-state index contributed by atoms with van der Waals surface area (Å²) in [4.78, 5) is 0. The number of benzene rings is 6. The van der Waals surface area contributed by atoms with Gasteiger partial charge in [0.2, 0.25) is 0 Å². The maximum atomic E-state index is 9.51. The van der Waals surface area contributed by atoms with Crippen LogP contribution in [0.15, 0.2) is 133 Å². The van der Waals surface area contributed by atoms with Crippen LogP contribution in [0.3, 0.4) is 0 Å². The van der Waals surface area contributed by atoms with E-state index in [9.17, 15) is 5.26 Å². The van der Waals surface area contributed by atoms with E-state index >= 15 is 0 Å². The molecule has 0 saturated carbocycles. The first kappa shape index (κ1) is 21.5. The molecule has 2 aliphatic rings. The molecule has 2 heteroatoms. The number of nitrogens with zero attached hydrogens (tertiary/aromatic N) is 2. The van der Waals surface area contributed by atoms with Crippen molar-refractivity contribution in [3.05, 3.63) is 161 Å². The predicted molar refractivity (Wildman–Crippen MR) is 162 cm³/mol. The highest BCUT2D eigenvalue weighted by Crippen LogP contribution is 2.61. The van der Waals surface area contributed by atoms with Crippen LogP contribution in [0.2, 0.25) is 0 Å². The van der Waals surface area contributed by atoms with Crippen molar-refractivity contribution in [2.45, 2.75) is 5.41 Å². The predicted octanol–water partition coefficient (Wildman–Crippen LogP) is 9.00. The summed E-state index contributed by atoms with van der Waals surface area (Å²) in [6, 6.07) is 50.5. The van der Waals surface area contributed by atoms with Gasteiger partial charge in [-0.25, -0.2) is 0 Å². The molecule has 7 aromatic rings. The highest BCUT2D eigenvalue weighted by molar-refractivity contribution is 6.12. The minimum absolute atomic E-state index is 0.431. The Morgan fingerprint density at radius 3 is 2.15 bits per heavy atom. The average molecular weight is 507 g/mol. The molecule has 1 atom stereocenters. The number of nitriles is 1. The fourth-order valence-corrected chi connectivity index (χ4v) is 7.51. The van der Waals surface area contributed by atoms with E-state index in [0.29, 0.717) is 5.56 Å². The van der Waals surface area contributed by atoms with Gasteiger partial charge in [0.05, 0.1) is 33.8 Å². The van der Waals surface area contributed by atoms with Gasteiger partial charge in [0.25, 0.3) is 0 Å². The van der Waals surface area contributed by atoms with E-state index < -0.39 is 5.41 Å². The Kier molecular flexibility index (Phi) is 4.09. The van der Waals surface area contributed by atoms with Crippen LogP contribution >= 0.6 is 0 Å². The molecule has 1 spiro atoms. The summed E-state index contributed by atoms with van der Waals surface area (Å²) in [6.07, 6.45) is 0. The molecule has 1 aromatic heterocycles. The molecule has 1 aliphatic carbocycles. The standard InChI is InChI=1S/C38H22N2/c39-23-24-9-7-10-25(21-24)26-19-20-32-30(22-26)27-11-1-3-14-31(27)38(32)33-15-4-6-18-36(33)40-35-17-5-2-12-28(35)29-13-8-16-34(38)37(29)40/h1-22H. The zero-order chi connectivity index (χ0) is 26.4. The third-order valence-electron chi connectivity index (χ3n) is 9.02. The third kappa shape index (κ3) is 2.48. The number of rotatable bonds is 1. The molecule has 184 valence electrons. The molecule has 9 rings (SSSR count). The summed E-state index contributed by atoms with van der Waals surface area (Å²) in [6.45, 7) is 0. The lowest BCUT2D eigenvalue weighted by Gasteiger charge is -2.39. The summed E-state index contributed by atoms with van der Waals surface area (Å²) >= 11 is 0. The fourth-order valence-electron chi connectivity index (χ4n) is 7.51. The second-order valence-electron chi connectivity index (χ2n) is 10.8. The second kappa shape index (κ2) is 7.59. The lowest BCUT2D eigenvalue weighted by Crippen LogP contribution is -2.33. The van der Waals surface area contributed by atoms with Gasteiger partial charge in [-0.3, -0.25) is 0 Å². The fraction of sp³-hybridized carbons (Fsp3) is 0.0263. The van der Waals surface area contributed by atoms with Gasteiger partial charge in [-0.05, 0) is 74.8 Å². The smallest absolute Gasteiger partial charge is 0.0991 e. The van der Waals surface area contributed by atoms with Crippen LogP contribution in [0.25, 0.3) is 49.7 Å². The number of hydrogen-bond acceptors (Lipinski definition) is 1. The highest BCUT2D eigenvalue weighted by atomic mass is 15.0. The Morgan fingerprint density at radius 2 is 1.23 bits per heavy atom. The molecule has 0 fully saturated rings. The molecule has 6 aromatic carbocycles. The lowest BCUT2D eigenvalue weighted by atomic mass is 9.65. The molecule has 1 aliphatic heterocycles. The van der Waals surface area contributed by atoms with E-state index in [-0.39, 0.29) is 0 Å². The van der Waals surface area contributed by atoms with E-state index in [1.165, 1.54) is 60.9 Å². The Labute approximate surface area is 232 Å². The van der Waals surface area contributed by atoms with Crippen molar-refractivity contribution in [2.24, 2.45) is 0 Å². The van der Waals surface area contributed by atoms with E-state index in [1.807, 2.05) is 18.2 Å². The first-order valence-electron chi connectivity index (χ1n) is 13.7. The molecule has 2 heterocycles. The third-order valence-corrected chi connectivity index (χ3v) is 9.02. The molecule has 0 amide bonds. The van der Waals surface area contributed by atoms with Gasteiger partial charge in [0.1, 0.15) is 0 Å². The van der Waals surface area contributed by atoms with Gasteiger partial charge in [-0.1, -0.05) is 103 Å². The monoisotopic (exact) mass is 506 g/mol. The van der Waals surface area contributed by atoms with Crippen molar-refractivity contribution >= 4 is 21.8 Å². The molecule has 0 saturated heterocycles. The lowest BCUT2D eigenvalue weighted by molar-refractivity contribution is 0.748. The van der Waals surface area contributed by atoms with E-state index in [1.54, 1.807) is 0 Å². The minimum Gasteiger partial charge on any atom is -0.309 e. The minimum atomic E-state index is -0.431. The molecular weight excluding hydrogens is 484 g/mol. The topological polar surface area (TPSA) is 28.7 Å². The van der Waals surface area contributed by atoms with Gasteiger partial charge in [0, 0.05) is 10.8 Å². The van der Waals surface area contributed by atoms with Crippen molar-refractivity contribution < 1.29 is 0 Å². The normalized spacial score (nSPS) is 16.1. The van der Waals surface area contributed by atoms with E-state index in [2.05, 4.69) is 126 Å². The van der Waals surface area contributed by atoms with Crippen molar-refractivity contribution in [3.8, 4) is 34.0 Å². The largest absolute Gasteiger partial charge is 0.309 e. The maximum absolute atomic E-state index is 9.51. The molecule has 0 radical (unpaired) electrons. The Balaban J connectivity index is 1.45. The van der Waals surface area contributed by atoms with Gasteiger partial charge < -0.3 is 4.57 Å². The zero-order valence-corrected chi connectivity index (χ0v) is 21.6. The number of para-hydroxylation sites is 3. The van der Waals surface area contributed by atoms with Crippen molar-refractivity contribution in [1.29, 1.82) is 5.26 Å². The molecule has 1 unspecified atom stereocenters. The Hall–Kier alpha value is -5.39. The van der Waals surface area contributed by atoms with Gasteiger partial charge in [-0.2, -0.15) is 5.26 Å². The summed E-state index contributed by atoms with van der Waals surface area (Å²) in [5.41, 5.74) is 14.0. The maximum Gasteiger partial charge on any atom is 0.0991 e. The van der Waals surface area contributed by atoms with Crippen molar-refractivity contribution in [2.75, 3.05) is 0 Å². The number of aromatic nitrogens is 1. The number of hydrogen-bond donors (Lipinski definition) is 0. The zero-order valence-electron chi connectivity index (χ0n) is 21.6. The molecular formula is C38H22N2. The van der Waals surface area contributed by atoms with Crippen LogP contribution in [0.1, 0.15) is 27.8 Å². The van der Waals surface area contributed by atoms with Crippen LogP contribution in [0, 0.1) is 11.3 Å². The Morgan fingerprint density at radius 1 is 0.525 bits per heavy atom. The van der Waals surface area contributed by atoms with Crippen molar-refractivity contribution in [1.82, 2.24) is 4.57 Å². The van der Waals surface area contributed by atoms with E-state index in [0.717, 1.165) is 11.1 Å². The summed E-state index contributed by atoms with van der Waals surface area (Å²) in [5.74, 6) is 0. The van der Waals surface area contributed by atoms with Crippen LogP contribution in [-0.4, -0.2) is 4.57 Å². The first-order chi connectivity index (χ1) is 19.8. The first-order valence-corrected chi connectivity index (χ1v) is 13.7. The SMILES string of the molecule is N#Cc1cccc(-c2ccc3c(c2)-c2ccccc2C32c3ccccc3-n3c4ccccc4c4cccc2c43)c1. The quantitative estimate of drug-likeness (QED) is 0.218. The van der Waals surface area contributed by atoms with Gasteiger partial charge in [0.15, 0.2) is 0 Å². The van der Waals surface area contributed by atoms with Gasteiger partial charge >= 0.3 is 0 Å². The Bertz CT molecular complexity index is 2240.